The highest BCUT2D eigenvalue weighted by Crippen LogP contribution is 2.23. The number of nitrogens with zero attached hydrogens (tertiary/aromatic N) is 2. The SMILES string of the molecule is CC(N)C(Oc1ccc(CC#N)cc1)c1ccccn1. The third kappa shape index (κ3) is 3.56. The lowest BCUT2D eigenvalue weighted by molar-refractivity contribution is 0.176. The molecule has 20 heavy (non-hydrogen) atoms. The molecular weight excluding hydrogens is 250 g/mol. The predicted molar refractivity (Wildman–Crippen MR) is 77.0 cm³/mol. The van der Waals surface area contributed by atoms with E-state index in [9.17, 15) is 0 Å². The Morgan fingerprint density at radius 2 is 2.00 bits per heavy atom. The first-order valence-corrected chi connectivity index (χ1v) is 6.50. The van der Waals surface area contributed by atoms with Gasteiger partial charge in [-0.25, -0.2) is 0 Å². The summed E-state index contributed by atoms with van der Waals surface area (Å²) in [6.07, 6.45) is 1.83. The molecule has 2 aromatic rings. The summed E-state index contributed by atoms with van der Waals surface area (Å²) < 4.78 is 5.92. The molecule has 0 amide bonds. The molecule has 0 bridgehead atoms. The number of benzene rings is 1. The maximum Gasteiger partial charge on any atom is 0.155 e. The van der Waals surface area contributed by atoms with Crippen molar-refractivity contribution in [2.45, 2.75) is 25.5 Å². The van der Waals surface area contributed by atoms with E-state index in [1.54, 1.807) is 6.20 Å². The third-order valence-corrected chi connectivity index (χ3v) is 2.93. The topological polar surface area (TPSA) is 71.9 Å². The maximum absolute atomic E-state index is 8.65. The molecule has 0 aliphatic carbocycles. The van der Waals surface area contributed by atoms with Crippen LogP contribution >= 0.6 is 0 Å². The zero-order chi connectivity index (χ0) is 14.4. The van der Waals surface area contributed by atoms with Crippen LogP contribution in [0.3, 0.4) is 0 Å². The fourth-order valence-corrected chi connectivity index (χ4v) is 1.91. The van der Waals surface area contributed by atoms with Gasteiger partial charge in [0.05, 0.1) is 18.2 Å². The van der Waals surface area contributed by atoms with Gasteiger partial charge in [0.2, 0.25) is 0 Å². The second-order valence-electron chi connectivity index (χ2n) is 4.63. The van der Waals surface area contributed by atoms with Crippen LogP contribution in [0.4, 0.5) is 0 Å². The quantitative estimate of drug-likeness (QED) is 0.903. The molecule has 0 fully saturated rings. The number of nitrogens with two attached hydrogens (primary N) is 1. The van der Waals surface area contributed by atoms with Crippen LogP contribution in [0.15, 0.2) is 48.7 Å². The highest BCUT2D eigenvalue weighted by Gasteiger charge is 2.19. The lowest BCUT2D eigenvalue weighted by atomic mass is 10.1. The van der Waals surface area contributed by atoms with Crippen molar-refractivity contribution in [3.8, 4) is 11.8 Å². The Hall–Kier alpha value is -2.38. The monoisotopic (exact) mass is 267 g/mol. The average molecular weight is 267 g/mol. The van der Waals surface area contributed by atoms with Crippen LogP contribution in [0, 0.1) is 11.3 Å². The summed E-state index contributed by atoms with van der Waals surface area (Å²) in [4.78, 5) is 4.30. The summed E-state index contributed by atoms with van der Waals surface area (Å²) in [6.45, 7) is 1.89. The van der Waals surface area contributed by atoms with Crippen molar-refractivity contribution in [3.63, 3.8) is 0 Å². The third-order valence-electron chi connectivity index (χ3n) is 2.93. The van der Waals surface area contributed by atoms with E-state index in [1.165, 1.54) is 0 Å². The molecule has 4 heteroatoms. The van der Waals surface area contributed by atoms with Gasteiger partial charge in [0.1, 0.15) is 5.75 Å². The summed E-state index contributed by atoms with van der Waals surface area (Å²) in [5.74, 6) is 0.722. The van der Waals surface area contributed by atoms with Crippen LogP contribution in [-0.2, 0) is 6.42 Å². The van der Waals surface area contributed by atoms with Crippen LogP contribution in [-0.4, -0.2) is 11.0 Å². The Bertz CT molecular complexity index is 573. The smallest absolute Gasteiger partial charge is 0.155 e. The van der Waals surface area contributed by atoms with E-state index in [-0.39, 0.29) is 12.1 Å². The highest BCUT2D eigenvalue weighted by atomic mass is 16.5. The first-order valence-electron chi connectivity index (χ1n) is 6.50. The number of hydrogen-bond acceptors (Lipinski definition) is 4. The second kappa shape index (κ2) is 6.69. The van der Waals surface area contributed by atoms with E-state index < -0.39 is 0 Å². The zero-order valence-electron chi connectivity index (χ0n) is 11.4. The molecule has 0 radical (unpaired) electrons. The van der Waals surface area contributed by atoms with Gasteiger partial charge in [-0.05, 0) is 36.8 Å². The molecule has 102 valence electrons. The molecule has 1 aromatic heterocycles. The van der Waals surface area contributed by atoms with E-state index in [1.807, 2.05) is 49.4 Å². The normalized spacial score (nSPS) is 13.2. The van der Waals surface area contributed by atoms with E-state index in [0.29, 0.717) is 6.42 Å². The molecule has 2 N–H and O–H groups in total. The van der Waals surface area contributed by atoms with Gasteiger partial charge >= 0.3 is 0 Å². The Kier molecular flexibility index (Phi) is 4.70. The zero-order valence-corrected chi connectivity index (χ0v) is 11.4. The van der Waals surface area contributed by atoms with Crippen molar-refractivity contribution in [2.75, 3.05) is 0 Å². The van der Waals surface area contributed by atoms with Gasteiger partial charge in [0, 0.05) is 12.2 Å². The number of nitriles is 1. The van der Waals surface area contributed by atoms with Crippen molar-refractivity contribution >= 4 is 0 Å². The average Bonchev–Trinajstić information content (AvgIpc) is 2.47. The summed E-state index contributed by atoms with van der Waals surface area (Å²) in [6, 6.07) is 15.1. The number of rotatable bonds is 5. The van der Waals surface area contributed by atoms with Gasteiger partial charge in [-0.1, -0.05) is 18.2 Å². The summed E-state index contributed by atoms with van der Waals surface area (Å²) >= 11 is 0. The summed E-state index contributed by atoms with van der Waals surface area (Å²) in [5, 5.41) is 8.65. The van der Waals surface area contributed by atoms with Crippen LogP contribution in [0.5, 0.6) is 5.75 Å². The molecule has 2 unspecified atom stereocenters. The number of aromatic nitrogens is 1. The van der Waals surface area contributed by atoms with Crippen LogP contribution < -0.4 is 10.5 Å². The van der Waals surface area contributed by atoms with Gasteiger partial charge in [0.25, 0.3) is 0 Å². The lowest BCUT2D eigenvalue weighted by Gasteiger charge is -2.22. The Morgan fingerprint density at radius 3 is 2.55 bits per heavy atom. The molecule has 0 aliphatic heterocycles. The van der Waals surface area contributed by atoms with Gasteiger partial charge in [-0.3, -0.25) is 4.98 Å². The van der Waals surface area contributed by atoms with Crippen molar-refractivity contribution in [2.24, 2.45) is 5.73 Å². The van der Waals surface area contributed by atoms with Gasteiger partial charge < -0.3 is 10.5 Å². The van der Waals surface area contributed by atoms with Crippen LogP contribution in [0.2, 0.25) is 0 Å². The molecule has 4 nitrogen and oxygen atoms in total. The minimum absolute atomic E-state index is 0.177. The molecule has 2 atom stereocenters. The molecular formula is C16H17N3O. The van der Waals surface area contributed by atoms with Gasteiger partial charge in [0.15, 0.2) is 6.10 Å². The largest absolute Gasteiger partial charge is 0.483 e. The van der Waals surface area contributed by atoms with Crippen molar-refractivity contribution in [3.05, 3.63) is 59.9 Å². The maximum atomic E-state index is 8.65. The Morgan fingerprint density at radius 1 is 1.25 bits per heavy atom. The van der Waals surface area contributed by atoms with E-state index in [4.69, 9.17) is 15.7 Å². The standard InChI is InChI=1S/C16H17N3O/c1-12(18)16(15-4-2-3-11-19-15)20-14-7-5-13(6-8-14)9-10-17/h2-8,11-12,16H,9,18H2,1H3. The molecule has 1 heterocycles. The number of ether oxygens (including phenoxy) is 1. The van der Waals surface area contributed by atoms with Gasteiger partial charge in [-0.15, -0.1) is 0 Å². The van der Waals surface area contributed by atoms with E-state index >= 15 is 0 Å². The van der Waals surface area contributed by atoms with Crippen molar-refractivity contribution < 1.29 is 4.74 Å². The van der Waals surface area contributed by atoms with Crippen LogP contribution in [0.25, 0.3) is 0 Å². The first-order chi connectivity index (χ1) is 9.70. The molecule has 0 saturated carbocycles. The fraction of sp³-hybridized carbons (Fsp3) is 0.250. The number of hydrogen-bond donors (Lipinski definition) is 1. The number of pyridine rings is 1. The molecule has 2 rings (SSSR count). The van der Waals surface area contributed by atoms with E-state index in [0.717, 1.165) is 17.0 Å². The Balaban J connectivity index is 2.15. The molecule has 0 spiro atoms. The van der Waals surface area contributed by atoms with Crippen molar-refractivity contribution in [1.29, 1.82) is 5.26 Å². The van der Waals surface area contributed by atoms with Crippen LogP contribution in [0.1, 0.15) is 24.3 Å². The van der Waals surface area contributed by atoms with Crippen molar-refractivity contribution in [1.82, 2.24) is 4.98 Å². The van der Waals surface area contributed by atoms with E-state index in [2.05, 4.69) is 11.1 Å². The minimum atomic E-state index is -0.294. The predicted octanol–water partition coefficient (Wildman–Crippen LogP) is 2.61. The second-order valence-corrected chi connectivity index (χ2v) is 4.63. The van der Waals surface area contributed by atoms with Gasteiger partial charge in [-0.2, -0.15) is 5.26 Å². The Labute approximate surface area is 118 Å². The lowest BCUT2D eigenvalue weighted by Crippen LogP contribution is -2.29. The first kappa shape index (κ1) is 14.0. The highest BCUT2D eigenvalue weighted by molar-refractivity contribution is 5.29. The molecule has 1 aromatic carbocycles. The molecule has 0 saturated heterocycles. The minimum Gasteiger partial charge on any atom is -0.483 e. The summed E-state index contributed by atoms with van der Waals surface area (Å²) in [7, 11) is 0. The molecule has 0 aliphatic rings. The summed E-state index contributed by atoms with van der Waals surface area (Å²) in [5.41, 5.74) is 7.76. The fourth-order valence-electron chi connectivity index (χ4n) is 1.91.